The number of ether oxygens (including phenoxy) is 1. The summed E-state index contributed by atoms with van der Waals surface area (Å²) in [4.78, 5) is 39.0. The Morgan fingerprint density at radius 3 is 2.39 bits per heavy atom. The van der Waals surface area contributed by atoms with E-state index < -0.39 is 0 Å². The molecule has 0 atom stereocenters. The molecule has 1 saturated heterocycles. The number of carbonyl (C=O) groups excluding carboxylic acids is 3. The molecule has 3 rings (SSSR count). The lowest BCUT2D eigenvalue weighted by Crippen LogP contribution is -2.47. The number of ketones is 1. The summed E-state index contributed by atoms with van der Waals surface area (Å²) < 4.78 is 6.23. The van der Waals surface area contributed by atoms with Gasteiger partial charge >= 0.3 is 0 Å². The van der Waals surface area contributed by atoms with Crippen LogP contribution in [0.1, 0.15) is 41.6 Å². The molecule has 0 spiro atoms. The first-order valence-corrected chi connectivity index (χ1v) is 11.2. The van der Waals surface area contributed by atoms with E-state index in [0.717, 1.165) is 15.8 Å². The Balaban J connectivity index is 1.40. The average Bonchev–Trinajstić information content (AvgIpc) is 2.78. The third kappa shape index (κ3) is 6.66. The number of hydrogen-bond donors (Lipinski definition) is 1. The van der Waals surface area contributed by atoms with Gasteiger partial charge in [0, 0.05) is 47.6 Å². The number of carbonyl (C=O) groups is 3. The maximum Gasteiger partial charge on any atom is 0.227 e. The molecular weight excluding hydrogens is 460 g/mol. The Morgan fingerprint density at radius 2 is 1.71 bits per heavy atom. The molecule has 1 heterocycles. The highest BCUT2D eigenvalue weighted by molar-refractivity contribution is 9.10. The lowest BCUT2D eigenvalue weighted by Gasteiger charge is -2.32. The summed E-state index contributed by atoms with van der Waals surface area (Å²) in [7, 11) is 1.60. The van der Waals surface area contributed by atoms with Crippen LogP contribution in [-0.2, 0) is 16.0 Å². The average molecular weight is 487 g/mol. The summed E-state index contributed by atoms with van der Waals surface area (Å²) in [5.74, 6) is 0.619. The molecule has 0 radical (unpaired) electrons. The lowest BCUT2D eigenvalue weighted by atomic mass is 10.0. The highest BCUT2D eigenvalue weighted by atomic mass is 79.9. The molecule has 1 fully saturated rings. The summed E-state index contributed by atoms with van der Waals surface area (Å²) in [5.41, 5.74) is 1.48. The van der Waals surface area contributed by atoms with Crippen LogP contribution >= 0.6 is 15.9 Å². The highest BCUT2D eigenvalue weighted by Crippen LogP contribution is 2.20. The van der Waals surface area contributed by atoms with Gasteiger partial charge in [0.15, 0.2) is 5.78 Å². The van der Waals surface area contributed by atoms with E-state index in [4.69, 9.17) is 4.74 Å². The van der Waals surface area contributed by atoms with E-state index in [0.29, 0.717) is 37.9 Å². The maximum atomic E-state index is 12.6. The molecule has 0 aromatic heterocycles. The van der Waals surface area contributed by atoms with Crippen LogP contribution in [0.3, 0.4) is 0 Å². The number of nitrogens with one attached hydrogen (secondary N) is 1. The third-order valence-corrected chi connectivity index (χ3v) is 6.02. The van der Waals surface area contributed by atoms with Crippen molar-refractivity contribution in [2.75, 3.05) is 20.2 Å². The van der Waals surface area contributed by atoms with Gasteiger partial charge in [-0.2, -0.15) is 0 Å². The van der Waals surface area contributed by atoms with Crippen molar-refractivity contribution in [1.82, 2.24) is 10.2 Å². The first-order chi connectivity index (χ1) is 15.0. The number of Topliss-reactive ketones (excluding diaryl/α,β-unsaturated/α-hetero) is 1. The zero-order chi connectivity index (χ0) is 22.2. The van der Waals surface area contributed by atoms with Gasteiger partial charge in [-0.3, -0.25) is 14.4 Å². The molecule has 2 aromatic rings. The number of halogens is 1. The summed E-state index contributed by atoms with van der Waals surface area (Å²) in [6.45, 7) is 1.22. The summed E-state index contributed by atoms with van der Waals surface area (Å²) in [5, 5.41) is 3.01. The van der Waals surface area contributed by atoms with Gasteiger partial charge in [-0.25, -0.2) is 0 Å². The van der Waals surface area contributed by atoms with E-state index in [1.807, 2.05) is 41.3 Å². The SMILES string of the molecule is COc1ccccc1CC(=O)N1CCC(NC(=O)CCC(=O)c2ccc(Br)cc2)CC1. The topological polar surface area (TPSA) is 75.7 Å². The number of methoxy groups -OCH3 is 1. The number of benzene rings is 2. The molecule has 0 bridgehead atoms. The monoisotopic (exact) mass is 486 g/mol. The maximum absolute atomic E-state index is 12.6. The number of amides is 2. The summed E-state index contributed by atoms with van der Waals surface area (Å²) in [6, 6.07) is 14.7. The van der Waals surface area contributed by atoms with Gasteiger partial charge in [-0.1, -0.05) is 46.3 Å². The fourth-order valence-corrected chi connectivity index (χ4v) is 3.97. The molecule has 6 nitrogen and oxygen atoms in total. The largest absolute Gasteiger partial charge is 0.496 e. The Labute approximate surface area is 191 Å². The van der Waals surface area contributed by atoms with Crippen molar-refractivity contribution in [1.29, 1.82) is 0 Å². The molecule has 7 heteroatoms. The molecule has 0 unspecified atom stereocenters. The Morgan fingerprint density at radius 1 is 1.03 bits per heavy atom. The molecule has 0 aliphatic carbocycles. The van der Waals surface area contributed by atoms with Crippen LogP contribution in [0, 0.1) is 0 Å². The van der Waals surface area contributed by atoms with Crippen LogP contribution in [0.5, 0.6) is 5.75 Å². The van der Waals surface area contributed by atoms with Crippen LogP contribution in [-0.4, -0.2) is 48.7 Å². The van der Waals surface area contributed by atoms with Crippen molar-refractivity contribution in [2.45, 2.75) is 38.1 Å². The van der Waals surface area contributed by atoms with E-state index in [2.05, 4.69) is 21.2 Å². The second-order valence-corrected chi connectivity index (χ2v) is 8.56. The smallest absolute Gasteiger partial charge is 0.227 e. The first-order valence-electron chi connectivity index (χ1n) is 10.4. The fraction of sp³-hybridized carbons (Fsp3) is 0.375. The predicted octanol–water partition coefficient (Wildman–Crippen LogP) is 3.77. The Kier molecular flexibility index (Phi) is 8.23. The van der Waals surface area contributed by atoms with Crippen LogP contribution in [0.15, 0.2) is 53.0 Å². The minimum atomic E-state index is -0.121. The van der Waals surface area contributed by atoms with Crippen molar-refractivity contribution in [3.05, 3.63) is 64.1 Å². The summed E-state index contributed by atoms with van der Waals surface area (Å²) >= 11 is 3.34. The zero-order valence-corrected chi connectivity index (χ0v) is 19.2. The van der Waals surface area contributed by atoms with Gasteiger partial charge < -0.3 is 15.0 Å². The van der Waals surface area contributed by atoms with Gasteiger partial charge in [0.2, 0.25) is 11.8 Å². The summed E-state index contributed by atoms with van der Waals surface area (Å²) in [6.07, 6.45) is 2.08. The third-order valence-electron chi connectivity index (χ3n) is 5.49. The highest BCUT2D eigenvalue weighted by Gasteiger charge is 2.24. The second kappa shape index (κ2) is 11.1. The van der Waals surface area contributed by atoms with E-state index in [-0.39, 0.29) is 36.5 Å². The number of rotatable bonds is 8. The van der Waals surface area contributed by atoms with Crippen LogP contribution in [0.4, 0.5) is 0 Å². The van der Waals surface area contributed by atoms with Crippen molar-refractivity contribution in [2.24, 2.45) is 0 Å². The molecular formula is C24H27BrN2O4. The van der Waals surface area contributed by atoms with Crippen LogP contribution < -0.4 is 10.1 Å². The van der Waals surface area contributed by atoms with Crippen LogP contribution in [0.25, 0.3) is 0 Å². The minimum Gasteiger partial charge on any atom is -0.496 e. The molecule has 0 saturated carbocycles. The quantitative estimate of drug-likeness (QED) is 0.576. The second-order valence-electron chi connectivity index (χ2n) is 7.64. The molecule has 1 aliphatic heterocycles. The van der Waals surface area contributed by atoms with Crippen molar-refractivity contribution >= 4 is 33.5 Å². The number of hydrogen-bond acceptors (Lipinski definition) is 4. The minimum absolute atomic E-state index is 0.0330. The number of piperidine rings is 1. The van der Waals surface area contributed by atoms with Crippen molar-refractivity contribution in [3.63, 3.8) is 0 Å². The van der Waals surface area contributed by atoms with Gasteiger partial charge in [0.05, 0.1) is 13.5 Å². The van der Waals surface area contributed by atoms with Crippen LogP contribution in [0.2, 0.25) is 0 Å². The van der Waals surface area contributed by atoms with E-state index in [9.17, 15) is 14.4 Å². The molecule has 2 amide bonds. The van der Waals surface area contributed by atoms with Gasteiger partial charge in [0.1, 0.15) is 5.75 Å². The van der Waals surface area contributed by atoms with Gasteiger partial charge in [-0.15, -0.1) is 0 Å². The Bertz CT molecular complexity index is 921. The van der Waals surface area contributed by atoms with E-state index in [1.54, 1.807) is 19.2 Å². The van der Waals surface area contributed by atoms with Gasteiger partial charge in [0.25, 0.3) is 0 Å². The lowest BCUT2D eigenvalue weighted by molar-refractivity contribution is -0.131. The Hall–Kier alpha value is -2.67. The molecule has 31 heavy (non-hydrogen) atoms. The van der Waals surface area contributed by atoms with E-state index in [1.165, 1.54) is 0 Å². The zero-order valence-electron chi connectivity index (χ0n) is 17.6. The molecule has 1 aliphatic rings. The van der Waals surface area contributed by atoms with E-state index >= 15 is 0 Å². The van der Waals surface area contributed by atoms with Crippen molar-refractivity contribution in [3.8, 4) is 5.75 Å². The number of para-hydroxylation sites is 1. The van der Waals surface area contributed by atoms with Crippen molar-refractivity contribution < 1.29 is 19.1 Å². The standard InChI is InChI=1S/C24H27BrN2O4/c1-31-22-5-3-2-4-18(22)16-24(30)27-14-12-20(13-15-27)26-23(29)11-10-21(28)17-6-8-19(25)9-7-17/h2-9,20H,10-16H2,1H3,(H,26,29). The normalized spacial score (nSPS) is 14.2. The number of nitrogens with zero attached hydrogens (tertiary/aromatic N) is 1. The first kappa shape index (κ1) is 23.0. The molecule has 2 aromatic carbocycles. The predicted molar refractivity (Wildman–Crippen MR) is 122 cm³/mol. The fourth-order valence-electron chi connectivity index (χ4n) is 3.70. The van der Waals surface area contributed by atoms with Gasteiger partial charge in [-0.05, 0) is 31.0 Å². The molecule has 164 valence electrons. The molecule has 1 N–H and O–H groups in total. The number of likely N-dealkylation sites (tertiary alicyclic amines) is 1.